The Hall–Kier alpha value is -2.86. The molecule has 25 heavy (non-hydrogen) atoms. The predicted octanol–water partition coefficient (Wildman–Crippen LogP) is 4.30. The number of anilines is 1. The molecule has 0 radical (unpaired) electrons. The summed E-state index contributed by atoms with van der Waals surface area (Å²) in [6, 6.07) is 19.4. The fraction of sp³-hybridized carbons (Fsp3) is 0.0526. The first-order chi connectivity index (χ1) is 12.0. The number of hydrogen-bond donors (Lipinski definition) is 1. The van der Waals surface area contributed by atoms with E-state index in [9.17, 15) is 12.8 Å². The highest BCUT2D eigenvalue weighted by atomic mass is 32.2. The van der Waals surface area contributed by atoms with Crippen molar-refractivity contribution in [1.29, 1.82) is 0 Å². The molecule has 128 valence electrons. The third kappa shape index (κ3) is 3.64. The summed E-state index contributed by atoms with van der Waals surface area (Å²) in [4.78, 5) is 0.168. The Labute approximate surface area is 146 Å². The normalized spacial score (nSPS) is 11.1. The van der Waals surface area contributed by atoms with Crippen LogP contribution in [0.15, 0.2) is 77.7 Å². The van der Waals surface area contributed by atoms with Gasteiger partial charge in [0.1, 0.15) is 0 Å². The molecule has 0 aliphatic heterocycles. The molecule has 0 spiro atoms. The minimum absolute atomic E-state index is 0.0956. The number of methoxy groups -OCH3 is 1. The molecule has 3 rings (SSSR count). The highest BCUT2D eigenvalue weighted by Gasteiger charge is 2.16. The zero-order chi connectivity index (χ0) is 17.9. The molecule has 1 N–H and O–H groups in total. The molecule has 0 amide bonds. The number of sulfonamides is 1. The molecule has 0 heterocycles. The van der Waals surface area contributed by atoms with Gasteiger partial charge in [0.15, 0.2) is 11.6 Å². The number of benzene rings is 3. The van der Waals surface area contributed by atoms with Crippen LogP contribution in [0, 0.1) is 5.82 Å². The van der Waals surface area contributed by atoms with Gasteiger partial charge in [-0.3, -0.25) is 4.72 Å². The van der Waals surface area contributed by atoms with Crippen LogP contribution in [0.5, 0.6) is 5.75 Å². The SMILES string of the molecule is COc1cc(-c2ccccc2NS(=O)(=O)c2ccccc2)ccc1F. The minimum atomic E-state index is -3.72. The fourth-order valence-corrected chi connectivity index (χ4v) is 3.56. The molecule has 0 unspecified atom stereocenters. The number of nitrogens with one attached hydrogen (secondary N) is 1. The standard InChI is InChI=1S/C19H16FNO3S/c1-24-19-13-14(11-12-17(19)20)16-9-5-6-10-18(16)21-25(22,23)15-7-3-2-4-8-15/h2-13,21H,1H3. The van der Waals surface area contributed by atoms with Gasteiger partial charge in [-0.1, -0.05) is 42.5 Å². The second-order valence-corrected chi connectivity index (χ2v) is 7.00. The summed E-state index contributed by atoms with van der Waals surface area (Å²) >= 11 is 0. The van der Waals surface area contributed by atoms with E-state index in [2.05, 4.69) is 4.72 Å². The van der Waals surface area contributed by atoms with E-state index in [-0.39, 0.29) is 10.6 Å². The number of rotatable bonds is 5. The molecular formula is C19H16FNO3S. The lowest BCUT2D eigenvalue weighted by molar-refractivity contribution is 0.387. The predicted molar refractivity (Wildman–Crippen MR) is 95.6 cm³/mol. The first-order valence-corrected chi connectivity index (χ1v) is 9.00. The molecule has 0 saturated heterocycles. The number of halogens is 1. The van der Waals surface area contributed by atoms with Crippen LogP contribution in [-0.2, 0) is 10.0 Å². The highest BCUT2D eigenvalue weighted by molar-refractivity contribution is 7.92. The zero-order valence-corrected chi connectivity index (χ0v) is 14.3. The lowest BCUT2D eigenvalue weighted by Gasteiger charge is -2.13. The Bertz CT molecular complexity index is 989. The summed E-state index contributed by atoms with van der Waals surface area (Å²) in [7, 11) is -2.34. The summed E-state index contributed by atoms with van der Waals surface area (Å²) in [5, 5.41) is 0. The molecular weight excluding hydrogens is 341 g/mol. The van der Waals surface area contributed by atoms with Crippen molar-refractivity contribution in [2.75, 3.05) is 11.8 Å². The Balaban J connectivity index is 2.03. The molecule has 4 nitrogen and oxygen atoms in total. The number of hydrogen-bond acceptors (Lipinski definition) is 3. The Morgan fingerprint density at radius 2 is 1.60 bits per heavy atom. The summed E-state index contributed by atoms with van der Waals surface area (Å²) in [6.45, 7) is 0. The molecule has 6 heteroatoms. The van der Waals surface area contributed by atoms with Crippen LogP contribution in [0.4, 0.5) is 10.1 Å². The van der Waals surface area contributed by atoms with Crippen molar-refractivity contribution in [3.05, 3.63) is 78.6 Å². The largest absolute Gasteiger partial charge is 0.494 e. The average Bonchev–Trinajstić information content (AvgIpc) is 2.63. The van der Waals surface area contributed by atoms with Crippen LogP contribution in [0.1, 0.15) is 0 Å². The zero-order valence-electron chi connectivity index (χ0n) is 13.4. The van der Waals surface area contributed by atoms with Crippen LogP contribution in [-0.4, -0.2) is 15.5 Å². The van der Waals surface area contributed by atoms with E-state index >= 15 is 0 Å². The first kappa shape index (κ1) is 17.0. The highest BCUT2D eigenvalue weighted by Crippen LogP contribution is 2.32. The summed E-state index contributed by atoms with van der Waals surface area (Å²) in [5.41, 5.74) is 1.67. The van der Waals surface area contributed by atoms with Gasteiger partial charge in [0.25, 0.3) is 10.0 Å². The van der Waals surface area contributed by atoms with Crippen molar-refractivity contribution in [2.45, 2.75) is 4.90 Å². The maximum Gasteiger partial charge on any atom is 0.261 e. The van der Waals surface area contributed by atoms with Crippen molar-refractivity contribution in [3.8, 4) is 16.9 Å². The van der Waals surface area contributed by atoms with E-state index in [0.717, 1.165) is 0 Å². The van der Waals surface area contributed by atoms with Crippen molar-refractivity contribution in [3.63, 3.8) is 0 Å². The van der Waals surface area contributed by atoms with Crippen LogP contribution in [0.3, 0.4) is 0 Å². The van der Waals surface area contributed by atoms with Gasteiger partial charge in [-0.2, -0.15) is 0 Å². The number of ether oxygens (including phenoxy) is 1. The van der Waals surface area contributed by atoms with Crippen LogP contribution < -0.4 is 9.46 Å². The third-order valence-corrected chi connectivity index (χ3v) is 5.07. The minimum Gasteiger partial charge on any atom is -0.494 e. The Morgan fingerprint density at radius 3 is 2.32 bits per heavy atom. The maximum atomic E-state index is 13.6. The van der Waals surface area contributed by atoms with Gasteiger partial charge in [0.05, 0.1) is 17.7 Å². The van der Waals surface area contributed by atoms with Gasteiger partial charge >= 0.3 is 0 Å². The van der Waals surface area contributed by atoms with Gasteiger partial charge in [0.2, 0.25) is 0 Å². The maximum absolute atomic E-state index is 13.6. The van der Waals surface area contributed by atoms with Crippen molar-refractivity contribution < 1.29 is 17.5 Å². The molecule has 0 saturated carbocycles. The second-order valence-electron chi connectivity index (χ2n) is 5.31. The summed E-state index contributed by atoms with van der Waals surface area (Å²) in [5.74, 6) is -0.383. The van der Waals surface area contributed by atoms with Gasteiger partial charge in [-0.15, -0.1) is 0 Å². The average molecular weight is 357 g/mol. The van der Waals surface area contributed by atoms with E-state index in [1.807, 2.05) is 0 Å². The van der Waals surface area contributed by atoms with E-state index < -0.39 is 15.8 Å². The van der Waals surface area contributed by atoms with Crippen molar-refractivity contribution in [2.24, 2.45) is 0 Å². The molecule has 0 bridgehead atoms. The first-order valence-electron chi connectivity index (χ1n) is 7.52. The van der Waals surface area contributed by atoms with Gasteiger partial charge in [-0.05, 0) is 35.9 Å². The molecule has 0 fully saturated rings. The third-order valence-electron chi connectivity index (χ3n) is 3.69. The van der Waals surface area contributed by atoms with E-state index in [1.165, 1.54) is 31.4 Å². The van der Waals surface area contributed by atoms with Crippen LogP contribution >= 0.6 is 0 Å². The monoisotopic (exact) mass is 357 g/mol. The lowest BCUT2D eigenvalue weighted by Crippen LogP contribution is -2.13. The Morgan fingerprint density at radius 1 is 0.920 bits per heavy atom. The van der Waals surface area contributed by atoms with Crippen molar-refractivity contribution >= 4 is 15.7 Å². The molecule has 3 aromatic carbocycles. The lowest BCUT2D eigenvalue weighted by atomic mass is 10.0. The molecule has 3 aromatic rings. The number of para-hydroxylation sites is 1. The molecule has 0 aromatic heterocycles. The van der Waals surface area contributed by atoms with E-state index in [0.29, 0.717) is 16.8 Å². The van der Waals surface area contributed by atoms with Crippen molar-refractivity contribution in [1.82, 2.24) is 0 Å². The van der Waals surface area contributed by atoms with Gasteiger partial charge < -0.3 is 4.74 Å². The molecule has 0 atom stereocenters. The van der Waals surface area contributed by atoms with E-state index in [1.54, 1.807) is 48.5 Å². The topological polar surface area (TPSA) is 55.4 Å². The fourth-order valence-electron chi connectivity index (χ4n) is 2.45. The van der Waals surface area contributed by atoms with Crippen LogP contribution in [0.25, 0.3) is 11.1 Å². The Kier molecular flexibility index (Phi) is 4.72. The smallest absolute Gasteiger partial charge is 0.261 e. The quantitative estimate of drug-likeness (QED) is 0.741. The van der Waals surface area contributed by atoms with E-state index in [4.69, 9.17) is 4.74 Å². The molecule has 0 aliphatic carbocycles. The summed E-state index contributed by atoms with van der Waals surface area (Å²) < 4.78 is 46.4. The summed E-state index contributed by atoms with van der Waals surface area (Å²) in [6.07, 6.45) is 0. The van der Waals surface area contributed by atoms with Gasteiger partial charge in [0, 0.05) is 5.56 Å². The molecule has 0 aliphatic rings. The van der Waals surface area contributed by atoms with Gasteiger partial charge in [-0.25, -0.2) is 12.8 Å². The van der Waals surface area contributed by atoms with Crippen LogP contribution in [0.2, 0.25) is 0 Å². The second kappa shape index (κ2) is 6.94.